The molecule has 1 aliphatic rings. The number of hydrogen-bond acceptors (Lipinski definition) is 7. The Morgan fingerprint density at radius 3 is 2.65 bits per heavy atom. The molecule has 1 aromatic carbocycles. The normalized spacial score (nSPS) is 16.9. The van der Waals surface area contributed by atoms with Crippen molar-refractivity contribution in [1.29, 1.82) is 0 Å². The number of nitrogens with zero attached hydrogens (tertiary/aromatic N) is 3. The van der Waals surface area contributed by atoms with Crippen molar-refractivity contribution < 1.29 is 19.1 Å². The Morgan fingerprint density at radius 2 is 1.97 bits per heavy atom. The summed E-state index contributed by atoms with van der Waals surface area (Å²) in [6, 6.07) is 7.63. The topological polar surface area (TPSA) is 91.1 Å². The molecule has 1 saturated heterocycles. The van der Waals surface area contributed by atoms with Gasteiger partial charge in [-0.05, 0) is 45.4 Å². The number of oxazole rings is 1. The van der Waals surface area contributed by atoms with Crippen LogP contribution in [0.15, 0.2) is 34.9 Å². The van der Waals surface area contributed by atoms with Crippen molar-refractivity contribution in [3.05, 3.63) is 47.7 Å². The van der Waals surface area contributed by atoms with E-state index in [0.29, 0.717) is 25.6 Å². The average molecular weight is 431 g/mol. The summed E-state index contributed by atoms with van der Waals surface area (Å²) >= 11 is 0. The standard InChI is InChI=1S/C23H34N4O4/c1-17-6-5-7-18(12-17)24-22(29)20-16-30-21(25-20)14-27-10-8-26(9-11-27)13-19(28)15-31-23(2,3)4/h5-7,12,16,19,28H,8-11,13-15H2,1-4H3,(H,24,29)/t19-/m1/s1. The molecule has 0 saturated carbocycles. The third kappa shape index (κ3) is 7.74. The number of β-amino-alcohol motifs (C(OH)–C–C–N with tert-alkyl or cyclic N) is 1. The molecule has 1 fully saturated rings. The zero-order valence-corrected chi connectivity index (χ0v) is 18.9. The number of aliphatic hydroxyl groups is 1. The van der Waals surface area contributed by atoms with Crippen LogP contribution in [0, 0.1) is 6.92 Å². The first-order chi connectivity index (χ1) is 14.7. The Morgan fingerprint density at radius 1 is 1.26 bits per heavy atom. The fourth-order valence-corrected chi connectivity index (χ4v) is 3.42. The molecule has 1 aromatic heterocycles. The van der Waals surface area contributed by atoms with Crippen LogP contribution in [0.1, 0.15) is 42.7 Å². The van der Waals surface area contributed by atoms with Crippen LogP contribution >= 0.6 is 0 Å². The zero-order valence-electron chi connectivity index (χ0n) is 18.9. The van der Waals surface area contributed by atoms with Gasteiger partial charge >= 0.3 is 0 Å². The van der Waals surface area contributed by atoms with Gasteiger partial charge in [-0.1, -0.05) is 12.1 Å². The van der Waals surface area contributed by atoms with Crippen LogP contribution in [0.4, 0.5) is 5.69 Å². The second-order valence-corrected chi connectivity index (χ2v) is 9.10. The molecular formula is C23H34N4O4. The van der Waals surface area contributed by atoms with Crippen molar-refractivity contribution >= 4 is 11.6 Å². The van der Waals surface area contributed by atoms with Gasteiger partial charge in [0.2, 0.25) is 5.89 Å². The van der Waals surface area contributed by atoms with E-state index in [9.17, 15) is 9.90 Å². The van der Waals surface area contributed by atoms with Gasteiger partial charge in [-0.15, -0.1) is 0 Å². The number of amides is 1. The highest BCUT2D eigenvalue weighted by molar-refractivity contribution is 6.02. The number of ether oxygens (including phenoxy) is 1. The molecular weight excluding hydrogens is 396 g/mol. The second-order valence-electron chi connectivity index (χ2n) is 9.10. The largest absolute Gasteiger partial charge is 0.447 e. The van der Waals surface area contributed by atoms with Crippen molar-refractivity contribution in [3.63, 3.8) is 0 Å². The minimum Gasteiger partial charge on any atom is -0.447 e. The monoisotopic (exact) mass is 430 g/mol. The maximum atomic E-state index is 12.4. The smallest absolute Gasteiger partial charge is 0.277 e. The molecule has 8 nitrogen and oxygen atoms in total. The Hall–Kier alpha value is -2.26. The molecule has 1 atom stereocenters. The van der Waals surface area contributed by atoms with E-state index < -0.39 is 6.10 Å². The summed E-state index contributed by atoms with van der Waals surface area (Å²) in [4.78, 5) is 21.2. The molecule has 1 amide bonds. The third-order valence-electron chi connectivity index (χ3n) is 5.06. The first kappa shape index (κ1) is 23.4. The molecule has 0 spiro atoms. The number of aliphatic hydroxyl groups excluding tert-OH is 1. The Bertz CT molecular complexity index is 853. The van der Waals surface area contributed by atoms with Gasteiger partial charge in [-0.3, -0.25) is 14.6 Å². The molecule has 0 unspecified atom stereocenters. The predicted octanol–water partition coefficient (Wildman–Crippen LogP) is 2.53. The summed E-state index contributed by atoms with van der Waals surface area (Å²) in [7, 11) is 0. The quantitative estimate of drug-likeness (QED) is 0.665. The van der Waals surface area contributed by atoms with Gasteiger partial charge in [0.1, 0.15) is 6.26 Å². The highest BCUT2D eigenvalue weighted by Gasteiger charge is 2.22. The fourth-order valence-electron chi connectivity index (χ4n) is 3.42. The number of anilines is 1. The second kappa shape index (κ2) is 10.4. The lowest BCUT2D eigenvalue weighted by Crippen LogP contribution is -2.49. The number of aryl methyl sites for hydroxylation is 1. The molecule has 2 N–H and O–H groups in total. The summed E-state index contributed by atoms with van der Waals surface area (Å²) in [5, 5.41) is 13.0. The highest BCUT2D eigenvalue weighted by Crippen LogP contribution is 2.14. The van der Waals surface area contributed by atoms with Crippen LogP contribution in [-0.4, -0.2) is 76.8 Å². The van der Waals surface area contributed by atoms with Crippen molar-refractivity contribution in [3.8, 4) is 0 Å². The molecule has 0 aliphatic carbocycles. The van der Waals surface area contributed by atoms with E-state index in [1.807, 2.05) is 52.0 Å². The van der Waals surface area contributed by atoms with E-state index in [4.69, 9.17) is 9.15 Å². The number of piperazine rings is 1. The van der Waals surface area contributed by atoms with E-state index in [2.05, 4.69) is 20.1 Å². The Kier molecular flexibility index (Phi) is 7.83. The zero-order chi connectivity index (χ0) is 22.4. The van der Waals surface area contributed by atoms with Crippen molar-refractivity contribution in [2.45, 2.75) is 45.9 Å². The first-order valence-electron chi connectivity index (χ1n) is 10.8. The van der Waals surface area contributed by atoms with E-state index in [-0.39, 0.29) is 17.2 Å². The molecule has 8 heteroatoms. The van der Waals surface area contributed by atoms with Crippen LogP contribution < -0.4 is 5.32 Å². The lowest BCUT2D eigenvalue weighted by Gasteiger charge is -2.35. The number of nitrogens with one attached hydrogen (secondary N) is 1. The van der Waals surface area contributed by atoms with E-state index in [1.54, 1.807) is 0 Å². The molecule has 1 aliphatic heterocycles. The van der Waals surface area contributed by atoms with Crippen LogP contribution in [0.2, 0.25) is 0 Å². The van der Waals surface area contributed by atoms with Gasteiger partial charge in [0.25, 0.3) is 5.91 Å². The number of aromatic nitrogens is 1. The van der Waals surface area contributed by atoms with E-state index in [1.165, 1.54) is 6.26 Å². The number of carbonyl (C=O) groups is 1. The highest BCUT2D eigenvalue weighted by atomic mass is 16.5. The fraction of sp³-hybridized carbons (Fsp3) is 0.565. The Labute approximate surface area is 184 Å². The average Bonchev–Trinajstić information content (AvgIpc) is 3.16. The third-order valence-corrected chi connectivity index (χ3v) is 5.06. The SMILES string of the molecule is Cc1cccc(NC(=O)c2coc(CN3CCN(C[C@@H](O)COC(C)(C)C)CC3)n2)c1. The maximum Gasteiger partial charge on any atom is 0.277 e. The number of carbonyl (C=O) groups excluding carboxylic acids is 1. The minimum atomic E-state index is -0.494. The molecule has 2 aromatic rings. The van der Waals surface area contributed by atoms with Crippen molar-refractivity contribution in [2.24, 2.45) is 0 Å². The summed E-state index contributed by atoms with van der Waals surface area (Å²) in [6.07, 6.45) is 0.912. The van der Waals surface area contributed by atoms with Crippen LogP contribution in [0.5, 0.6) is 0 Å². The number of hydrogen-bond donors (Lipinski definition) is 2. The van der Waals surface area contributed by atoms with Gasteiger partial charge < -0.3 is 19.6 Å². The molecule has 2 heterocycles. The molecule has 0 radical (unpaired) electrons. The minimum absolute atomic E-state index is 0.245. The predicted molar refractivity (Wildman–Crippen MR) is 119 cm³/mol. The molecule has 3 rings (SSSR count). The Balaban J connectivity index is 1.42. The van der Waals surface area contributed by atoms with Crippen LogP contribution in [-0.2, 0) is 11.3 Å². The summed E-state index contributed by atoms with van der Waals surface area (Å²) in [5.41, 5.74) is 1.84. The summed E-state index contributed by atoms with van der Waals surface area (Å²) < 4.78 is 11.2. The van der Waals surface area contributed by atoms with E-state index in [0.717, 1.165) is 37.4 Å². The van der Waals surface area contributed by atoms with Crippen LogP contribution in [0.3, 0.4) is 0 Å². The molecule has 170 valence electrons. The summed E-state index contributed by atoms with van der Waals surface area (Å²) in [5.74, 6) is 0.248. The van der Waals surface area contributed by atoms with Crippen molar-refractivity contribution in [1.82, 2.24) is 14.8 Å². The number of benzene rings is 1. The van der Waals surface area contributed by atoms with Gasteiger partial charge in [-0.2, -0.15) is 0 Å². The van der Waals surface area contributed by atoms with Crippen molar-refractivity contribution in [2.75, 3.05) is 44.6 Å². The van der Waals surface area contributed by atoms with Gasteiger partial charge in [0.15, 0.2) is 5.69 Å². The van der Waals surface area contributed by atoms with E-state index >= 15 is 0 Å². The number of rotatable bonds is 8. The molecule has 31 heavy (non-hydrogen) atoms. The van der Waals surface area contributed by atoms with Gasteiger partial charge in [-0.25, -0.2) is 4.98 Å². The summed E-state index contributed by atoms with van der Waals surface area (Å²) in [6.45, 7) is 12.8. The van der Waals surface area contributed by atoms with Gasteiger partial charge in [0.05, 0.1) is 24.9 Å². The maximum absolute atomic E-state index is 12.4. The first-order valence-corrected chi connectivity index (χ1v) is 10.8. The van der Waals surface area contributed by atoms with Crippen LogP contribution in [0.25, 0.3) is 0 Å². The molecule has 0 bridgehead atoms. The van der Waals surface area contributed by atoms with Gasteiger partial charge in [0, 0.05) is 38.4 Å². The lowest BCUT2D eigenvalue weighted by molar-refractivity contribution is -0.0588. The lowest BCUT2D eigenvalue weighted by atomic mass is 10.2.